The fourth-order valence-electron chi connectivity index (χ4n) is 2.63. The molecule has 0 aromatic heterocycles. The van der Waals surface area contributed by atoms with Gasteiger partial charge >= 0.3 is 0 Å². The molecular weight excluding hydrogens is 266 g/mol. The molecule has 0 aliphatic heterocycles. The summed E-state index contributed by atoms with van der Waals surface area (Å²) in [7, 11) is 1.66. The van der Waals surface area contributed by atoms with Crippen LogP contribution in [0.5, 0.6) is 0 Å². The largest absolute Gasteiger partial charge is 0.383 e. The lowest BCUT2D eigenvalue weighted by atomic mass is 10.1. The lowest BCUT2D eigenvalue weighted by Gasteiger charge is -2.30. The van der Waals surface area contributed by atoms with Gasteiger partial charge < -0.3 is 15.1 Å². The highest BCUT2D eigenvalue weighted by Crippen LogP contribution is 2.36. The molecule has 0 radical (unpaired) electrons. The number of benzene rings is 1. The Morgan fingerprint density at radius 1 is 1.52 bits per heavy atom. The van der Waals surface area contributed by atoms with Crippen LogP contribution in [0.25, 0.3) is 0 Å². The van der Waals surface area contributed by atoms with Crippen LogP contribution in [0.3, 0.4) is 0 Å². The molecule has 2 rings (SSSR count). The topological polar surface area (TPSA) is 67.6 Å². The summed E-state index contributed by atoms with van der Waals surface area (Å²) in [5, 5.41) is 0. The number of amides is 1. The second-order valence-electron chi connectivity index (χ2n) is 5.76. The minimum absolute atomic E-state index is 0.0168. The highest BCUT2D eigenvalue weighted by molar-refractivity contribution is 6.00. The van der Waals surface area contributed by atoms with Crippen molar-refractivity contribution >= 4 is 11.6 Å². The smallest absolute Gasteiger partial charge is 0.256 e. The molecule has 1 aromatic rings. The zero-order chi connectivity index (χ0) is 15.4. The molecule has 1 aliphatic rings. The second-order valence-corrected chi connectivity index (χ2v) is 5.76. The number of ether oxygens (including phenoxy) is 1. The van der Waals surface area contributed by atoms with Crippen molar-refractivity contribution in [2.45, 2.75) is 32.7 Å². The normalized spacial score (nSPS) is 15.6. The Balaban J connectivity index is 2.25. The van der Waals surface area contributed by atoms with Crippen LogP contribution < -0.4 is 11.3 Å². The van der Waals surface area contributed by atoms with E-state index in [2.05, 4.69) is 12.3 Å². The maximum absolute atomic E-state index is 12.9. The minimum atomic E-state index is 0.0168. The molecule has 5 nitrogen and oxygen atoms in total. The second kappa shape index (κ2) is 6.91. The molecule has 3 N–H and O–H groups in total. The molecule has 0 saturated heterocycles. The zero-order valence-corrected chi connectivity index (χ0v) is 13.1. The van der Waals surface area contributed by atoms with Crippen molar-refractivity contribution in [3.05, 3.63) is 29.3 Å². The van der Waals surface area contributed by atoms with Crippen molar-refractivity contribution in [1.29, 1.82) is 0 Å². The highest BCUT2D eigenvalue weighted by Gasteiger charge is 2.34. The van der Waals surface area contributed by atoms with Crippen molar-refractivity contribution in [2.75, 3.05) is 25.7 Å². The summed E-state index contributed by atoms with van der Waals surface area (Å²) < 4.78 is 5.15. The van der Waals surface area contributed by atoms with E-state index >= 15 is 0 Å². The monoisotopic (exact) mass is 291 g/mol. The number of hydrogen-bond donors (Lipinski definition) is 2. The average molecular weight is 291 g/mol. The van der Waals surface area contributed by atoms with Gasteiger partial charge in [-0.25, -0.2) is 0 Å². The number of anilines is 1. The molecule has 1 amide bonds. The van der Waals surface area contributed by atoms with E-state index in [-0.39, 0.29) is 11.9 Å². The summed E-state index contributed by atoms with van der Waals surface area (Å²) >= 11 is 0. The molecule has 5 heteroatoms. The molecule has 1 atom stereocenters. The predicted molar refractivity (Wildman–Crippen MR) is 84.1 cm³/mol. The summed E-state index contributed by atoms with van der Waals surface area (Å²) in [5.74, 6) is 6.17. The fraction of sp³-hybridized carbons (Fsp3) is 0.562. The summed E-state index contributed by atoms with van der Waals surface area (Å²) in [4.78, 5) is 14.8. The molecule has 1 unspecified atom stereocenters. The van der Waals surface area contributed by atoms with Crippen LogP contribution in [0, 0.1) is 12.8 Å². The van der Waals surface area contributed by atoms with Crippen LogP contribution in [0.1, 0.15) is 35.7 Å². The van der Waals surface area contributed by atoms with Gasteiger partial charge in [-0.1, -0.05) is 11.6 Å². The third-order valence-electron chi connectivity index (χ3n) is 4.15. The highest BCUT2D eigenvalue weighted by atomic mass is 16.5. The number of nitrogens with one attached hydrogen (secondary N) is 1. The maximum atomic E-state index is 12.9. The Morgan fingerprint density at radius 3 is 2.81 bits per heavy atom. The van der Waals surface area contributed by atoms with Crippen LogP contribution in [0.4, 0.5) is 5.69 Å². The summed E-state index contributed by atoms with van der Waals surface area (Å²) in [5.41, 5.74) is 4.95. The quantitative estimate of drug-likeness (QED) is 0.597. The Bertz CT molecular complexity index is 500. The third-order valence-corrected chi connectivity index (χ3v) is 4.15. The van der Waals surface area contributed by atoms with Gasteiger partial charge in [0.15, 0.2) is 0 Å². The van der Waals surface area contributed by atoms with E-state index in [9.17, 15) is 4.79 Å². The number of hydrogen-bond acceptors (Lipinski definition) is 4. The summed E-state index contributed by atoms with van der Waals surface area (Å²) in [6, 6.07) is 5.91. The first-order chi connectivity index (χ1) is 10.1. The van der Waals surface area contributed by atoms with E-state index in [0.717, 1.165) is 5.56 Å². The number of rotatable bonds is 7. The number of methoxy groups -OCH3 is 1. The van der Waals surface area contributed by atoms with Gasteiger partial charge in [-0.15, -0.1) is 0 Å². The Morgan fingerprint density at radius 2 is 2.24 bits per heavy atom. The van der Waals surface area contributed by atoms with Gasteiger partial charge in [-0.3, -0.25) is 10.6 Å². The SMILES string of the molecule is COCCN(C(=O)c1cc(C)ccc1NN)C(C)C1CC1. The number of nitrogens with zero attached hydrogens (tertiary/aromatic N) is 1. The van der Waals surface area contributed by atoms with Crippen LogP contribution >= 0.6 is 0 Å². The Labute approximate surface area is 126 Å². The van der Waals surface area contributed by atoms with E-state index in [4.69, 9.17) is 10.6 Å². The fourth-order valence-corrected chi connectivity index (χ4v) is 2.63. The van der Waals surface area contributed by atoms with Crippen LogP contribution in [0.2, 0.25) is 0 Å². The average Bonchev–Trinajstić information content (AvgIpc) is 3.31. The van der Waals surface area contributed by atoms with Crippen molar-refractivity contribution < 1.29 is 9.53 Å². The van der Waals surface area contributed by atoms with Gasteiger partial charge in [-0.05, 0) is 44.7 Å². The molecule has 1 aromatic carbocycles. The van der Waals surface area contributed by atoms with Crippen molar-refractivity contribution in [2.24, 2.45) is 11.8 Å². The van der Waals surface area contributed by atoms with Crippen LogP contribution in [-0.4, -0.2) is 37.1 Å². The summed E-state index contributed by atoms with van der Waals surface area (Å²) in [6.07, 6.45) is 2.40. The van der Waals surface area contributed by atoms with E-state index in [1.165, 1.54) is 12.8 Å². The van der Waals surface area contributed by atoms with Crippen LogP contribution in [0.15, 0.2) is 18.2 Å². The van der Waals surface area contributed by atoms with Gasteiger partial charge in [0.25, 0.3) is 5.91 Å². The van der Waals surface area contributed by atoms with Crippen molar-refractivity contribution in [3.8, 4) is 0 Å². The van der Waals surface area contributed by atoms with Crippen molar-refractivity contribution in [1.82, 2.24) is 4.90 Å². The van der Waals surface area contributed by atoms with Gasteiger partial charge in [0.1, 0.15) is 0 Å². The lowest BCUT2D eigenvalue weighted by molar-refractivity contribution is 0.0595. The number of hydrazine groups is 1. The lowest BCUT2D eigenvalue weighted by Crippen LogP contribution is -2.42. The van der Waals surface area contributed by atoms with E-state index in [0.29, 0.717) is 30.3 Å². The van der Waals surface area contributed by atoms with E-state index in [1.54, 1.807) is 7.11 Å². The van der Waals surface area contributed by atoms with E-state index in [1.807, 2.05) is 30.0 Å². The predicted octanol–water partition coefficient (Wildman–Crippen LogP) is 2.17. The maximum Gasteiger partial charge on any atom is 0.256 e. The molecule has 0 bridgehead atoms. The zero-order valence-electron chi connectivity index (χ0n) is 13.1. The first-order valence-electron chi connectivity index (χ1n) is 7.45. The first-order valence-corrected chi connectivity index (χ1v) is 7.45. The number of aryl methyl sites for hydroxylation is 1. The van der Waals surface area contributed by atoms with Gasteiger partial charge in [-0.2, -0.15) is 0 Å². The summed E-state index contributed by atoms with van der Waals surface area (Å²) in [6.45, 7) is 5.24. The first kappa shape index (κ1) is 15.8. The number of nitrogens with two attached hydrogens (primary N) is 1. The molecule has 21 heavy (non-hydrogen) atoms. The van der Waals surface area contributed by atoms with Crippen molar-refractivity contribution in [3.63, 3.8) is 0 Å². The molecule has 1 aliphatic carbocycles. The third kappa shape index (κ3) is 3.74. The molecule has 1 fully saturated rings. The molecule has 116 valence electrons. The van der Waals surface area contributed by atoms with Gasteiger partial charge in [0.05, 0.1) is 17.9 Å². The molecular formula is C16H25N3O2. The van der Waals surface area contributed by atoms with E-state index < -0.39 is 0 Å². The van der Waals surface area contributed by atoms with Crippen LogP contribution in [-0.2, 0) is 4.74 Å². The van der Waals surface area contributed by atoms with Gasteiger partial charge in [0.2, 0.25) is 0 Å². The number of carbonyl (C=O) groups is 1. The molecule has 1 saturated carbocycles. The standard InChI is InChI=1S/C16H25N3O2/c1-11-4-7-15(18-17)14(10-11)16(20)19(8-9-21-3)12(2)13-5-6-13/h4,7,10,12-13,18H,5-6,8-9,17H2,1-3H3. The number of carbonyl (C=O) groups excluding carboxylic acids is 1. The minimum Gasteiger partial charge on any atom is -0.383 e. The number of nitrogen functional groups attached to an aromatic ring is 1. The van der Waals surface area contributed by atoms with Gasteiger partial charge in [0, 0.05) is 19.7 Å². The molecule has 0 spiro atoms. The Hall–Kier alpha value is -1.59. The molecule has 0 heterocycles. The Kier molecular flexibility index (Phi) is 5.20.